The number of rotatable bonds is 10. The molecule has 320 valence electrons. The number of methoxy groups -OCH3 is 2. The number of halogens is 2. The molecule has 4 N–H and O–H groups in total. The van der Waals surface area contributed by atoms with Crippen LogP contribution in [0.25, 0.3) is 56.4 Å². The fourth-order valence-corrected chi connectivity index (χ4v) is 6.91. The lowest BCUT2D eigenvalue weighted by Crippen LogP contribution is -2.23. The van der Waals surface area contributed by atoms with Gasteiger partial charge in [-0.3, -0.25) is 20.0 Å². The molecule has 8 aromatic rings. The minimum atomic E-state index is -0.511. The summed E-state index contributed by atoms with van der Waals surface area (Å²) >= 11 is 12.1. The van der Waals surface area contributed by atoms with Gasteiger partial charge in [0.2, 0.25) is 0 Å². The lowest BCUT2D eigenvalue weighted by Gasteiger charge is -2.11. The monoisotopic (exact) mass is 884 g/mol. The van der Waals surface area contributed by atoms with E-state index in [9.17, 15) is 20.0 Å². The van der Waals surface area contributed by atoms with Crippen molar-refractivity contribution in [1.29, 1.82) is 0 Å². The summed E-state index contributed by atoms with van der Waals surface area (Å²) in [5, 5.41) is 31.4. The van der Waals surface area contributed by atoms with Gasteiger partial charge in [-0.1, -0.05) is 83.9 Å². The molecule has 0 radical (unpaired) electrons. The molecular formula is C48H42Cl2N6O7. The second-order valence-corrected chi connectivity index (χ2v) is 14.7. The van der Waals surface area contributed by atoms with E-state index in [2.05, 4.69) is 0 Å². The average molecular weight is 886 g/mol. The number of amides is 2. The molecule has 0 aliphatic rings. The number of hydrogen-bond donors (Lipinski definition) is 2. The van der Waals surface area contributed by atoms with Crippen LogP contribution >= 0.6 is 23.2 Å². The Morgan fingerprint density at radius 1 is 0.524 bits per heavy atom. The number of ether oxygens (including phenoxy) is 2. The van der Waals surface area contributed by atoms with Crippen LogP contribution in [0.5, 0.6) is 11.5 Å². The third-order valence-electron chi connectivity index (χ3n) is 9.79. The molecule has 0 aliphatic heterocycles. The van der Waals surface area contributed by atoms with E-state index >= 15 is 0 Å². The summed E-state index contributed by atoms with van der Waals surface area (Å²) < 4.78 is 14.1. The summed E-state index contributed by atoms with van der Waals surface area (Å²) in [6.45, 7) is 0. The summed E-state index contributed by atoms with van der Waals surface area (Å²) in [6, 6.07) is 48.0. The first-order valence-corrected chi connectivity index (χ1v) is 19.8. The maximum absolute atomic E-state index is 12.5. The van der Waals surface area contributed by atoms with Crippen molar-refractivity contribution in [2.24, 2.45) is 0 Å². The Hall–Kier alpha value is -7.26. The minimum absolute atomic E-state index is 0. The Labute approximate surface area is 373 Å². The normalized spacial score (nSPS) is 10.5. The molecule has 0 saturated heterocycles. The van der Waals surface area contributed by atoms with Crippen LogP contribution < -0.4 is 9.47 Å². The topological polar surface area (TPSA) is 167 Å². The Morgan fingerprint density at radius 3 is 1.17 bits per heavy atom. The molecule has 2 heterocycles. The quantitative estimate of drug-likeness (QED) is 0.101. The SMILES string of the molecule is COc1ccc(-n2nc(-c3ccccc3C(=O)N(C)O)cc2-c2ccc(Cl)cc2)cc1.COc1ccc(-n2nc(-c3ccccc3C(=O)N(C)O)cc2-c2ccc(Cl)cc2)cc1.O. The Kier molecular flexibility index (Phi) is 14.4. The van der Waals surface area contributed by atoms with Crippen LogP contribution in [0.1, 0.15) is 20.7 Å². The number of carbonyl (C=O) groups is 2. The Balaban J connectivity index is 0.000000206. The van der Waals surface area contributed by atoms with E-state index in [0.29, 0.717) is 53.8 Å². The second kappa shape index (κ2) is 20.1. The van der Waals surface area contributed by atoms with Crippen molar-refractivity contribution < 1.29 is 35.0 Å². The van der Waals surface area contributed by atoms with Crippen LogP contribution in [-0.4, -0.2) is 85.7 Å². The highest BCUT2D eigenvalue weighted by molar-refractivity contribution is 6.31. The van der Waals surface area contributed by atoms with Crippen LogP contribution in [-0.2, 0) is 0 Å². The van der Waals surface area contributed by atoms with Gasteiger partial charge in [0.05, 0.1) is 59.5 Å². The summed E-state index contributed by atoms with van der Waals surface area (Å²) in [4.78, 5) is 25.0. The first-order valence-electron chi connectivity index (χ1n) is 19.1. The van der Waals surface area contributed by atoms with Gasteiger partial charge in [-0.25, -0.2) is 19.5 Å². The molecule has 13 nitrogen and oxygen atoms in total. The number of benzene rings is 6. The van der Waals surface area contributed by atoms with Crippen molar-refractivity contribution in [1.82, 2.24) is 29.7 Å². The maximum atomic E-state index is 12.5. The predicted octanol–water partition coefficient (Wildman–Crippen LogP) is 9.83. The fraction of sp³-hybridized carbons (Fsp3) is 0.0833. The number of aromatic nitrogens is 4. The zero-order chi connectivity index (χ0) is 43.9. The van der Waals surface area contributed by atoms with Gasteiger partial charge < -0.3 is 14.9 Å². The Bertz CT molecular complexity index is 2630. The minimum Gasteiger partial charge on any atom is -0.497 e. The van der Waals surface area contributed by atoms with Crippen LogP contribution in [0.4, 0.5) is 0 Å². The van der Waals surface area contributed by atoms with E-state index in [1.807, 2.05) is 143 Å². The van der Waals surface area contributed by atoms with E-state index < -0.39 is 11.8 Å². The van der Waals surface area contributed by atoms with Crippen molar-refractivity contribution in [2.75, 3.05) is 28.3 Å². The van der Waals surface area contributed by atoms with Crippen LogP contribution in [0.3, 0.4) is 0 Å². The highest BCUT2D eigenvalue weighted by atomic mass is 35.5. The summed E-state index contributed by atoms with van der Waals surface area (Å²) in [5.74, 6) is 0.461. The molecule has 15 heteroatoms. The molecule has 0 unspecified atom stereocenters. The van der Waals surface area contributed by atoms with E-state index in [0.717, 1.165) is 45.4 Å². The number of nitrogens with zero attached hydrogens (tertiary/aromatic N) is 6. The van der Waals surface area contributed by atoms with Gasteiger partial charge >= 0.3 is 0 Å². The van der Waals surface area contributed by atoms with Crippen molar-refractivity contribution in [3.8, 4) is 67.9 Å². The highest BCUT2D eigenvalue weighted by Crippen LogP contribution is 2.34. The lowest BCUT2D eigenvalue weighted by atomic mass is 10.0. The zero-order valence-corrected chi connectivity index (χ0v) is 36.0. The summed E-state index contributed by atoms with van der Waals surface area (Å²) in [6.07, 6.45) is 0. The number of hydrogen-bond acceptors (Lipinski definition) is 8. The van der Waals surface area contributed by atoms with Gasteiger partial charge in [0.1, 0.15) is 11.5 Å². The maximum Gasteiger partial charge on any atom is 0.277 e. The second-order valence-electron chi connectivity index (χ2n) is 13.8. The molecular weight excluding hydrogens is 843 g/mol. The van der Waals surface area contributed by atoms with Gasteiger partial charge in [0, 0.05) is 46.4 Å². The van der Waals surface area contributed by atoms with E-state index in [1.54, 1.807) is 38.5 Å². The van der Waals surface area contributed by atoms with Crippen LogP contribution in [0.2, 0.25) is 10.0 Å². The molecule has 0 fully saturated rings. The summed E-state index contributed by atoms with van der Waals surface area (Å²) in [7, 11) is 5.83. The van der Waals surface area contributed by atoms with Crippen LogP contribution in [0, 0.1) is 0 Å². The van der Waals surface area contributed by atoms with Gasteiger partial charge in [-0.15, -0.1) is 0 Å². The molecule has 6 aromatic carbocycles. The highest BCUT2D eigenvalue weighted by Gasteiger charge is 2.22. The van der Waals surface area contributed by atoms with Crippen molar-refractivity contribution in [2.45, 2.75) is 0 Å². The molecule has 8 rings (SSSR count). The molecule has 2 aromatic heterocycles. The van der Waals surface area contributed by atoms with Crippen LogP contribution in [0.15, 0.2) is 158 Å². The number of hydroxylamine groups is 4. The summed E-state index contributed by atoms with van der Waals surface area (Å²) in [5.41, 5.74) is 8.33. The fourth-order valence-electron chi connectivity index (χ4n) is 6.65. The van der Waals surface area contributed by atoms with Gasteiger partial charge in [-0.2, -0.15) is 10.2 Å². The van der Waals surface area contributed by atoms with E-state index in [4.69, 9.17) is 42.9 Å². The first-order chi connectivity index (χ1) is 29.9. The first kappa shape index (κ1) is 45.3. The van der Waals surface area contributed by atoms with E-state index in [1.165, 1.54) is 14.1 Å². The smallest absolute Gasteiger partial charge is 0.277 e. The molecule has 63 heavy (non-hydrogen) atoms. The molecule has 0 bridgehead atoms. The largest absolute Gasteiger partial charge is 0.497 e. The third-order valence-corrected chi connectivity index (χ3v) is 10.3. The van der Waals surface area contributed by atoms with Gasteiger partial charge in [0.25, 0.3) is 11.8 Å². The standard InChI is InChI=1S/2C24H20ClN3O3.H2O/c2*1-27(30)24(29)21-6-4-3-5-20(21)22-15-23(16-7-9-17(25)10-8-16)28(26-22)18-11-13-19(31-2)14-12-18;/h2*3-15,30H,1-2H3;1H2. The Morgan fingerprint density at radius 2 is 0.857 bits per heavy atom. The van der Waals surface area contributed by atoms with Gasteiger partial charge in [-0.05, 0) is 97.1 Å². The molecule has 0 saturated carbocycles. The van der Waals surface area contributed by atoms with E-state index in [-0.39, 0.29) is 5.48 Å². The molecule has 0 atom stereocenters. The molecule has 2 amide bonds. The zero-order valence-electron chi connectivity index (χ0n) is 34.5. The lowest BCUT2D eigenvalue weighted by molar-refractivity contribution is -0.0374. The predicted molar refractivity (Wildman–Crippen MR) is 243 cm³/mol. The molecule has 0 spiro atoms. The van der Waals surface area contributed by atoms with Gasteiger partial charge in [0.15, 0.2) is 0 Å². The average Bonchev–Trinajstić information content (AvgIpc) is 3.95. The number of carbonyl (C=O) groups excluding carboxylic acids is 2. The van der Waals surface area contributed by atoms with Crippen molar-refractivity contribution >= 4 is 35.0 Å². The van der Waals surface area contributed by atoms with Crippen molar-refractivity contribution in [3.05, 3.63) is 179 Å². The third kappa shape index (κ3) is 10.1. The molecule has 0 aliphatic carbocycles. The van der Waals surface area contributed by atoms with Crippen molar-refractivity contribution in [3.63, 3.8) is 0 Å².